The molecule has 0 atom stereocenters. The van der Waals surface area contributed by atoms with Crippen molar-refractivity contribution in [1.82, 2.24) is 9.72 Å². The number of esters is 1. The minimum absolute atomic E-state index is 0.0546. The van der Waals surface area contributed by atoms with E-state index >= 15 is 0 Å². The Morgan fingerprint density at radius 3 is 2.54 bits per heavy atom. The Morgan fingerprint density at radius 2 is 1.91 bits per heavy atom. The van der Waals surface area contributed by atoms with Crippen LogP contribution in [0, 0.1) is 6.92 Å². The van der Waals surface area contributed by atoms with Crippen LogP contribution in [0.5, 0.6) is 0 Å². The van der Waals surface area contributed by atoms with E-state index in [1.54, 1.807) is 48.1 Å². The standard InChI is InChI=1S/C25H22ClN3O5S/c1-15-20(14-27-34-15)19-12-22(23(13-21(19)26)29-9-3-4-10-29)28-35(31,32)24-11-17(25(30)33-2)7-8-18(24)16-5-6-16/h3-4,7-14,16,28H,5-6H2,1-2H3. The summed E-state index contributed by atoms with van der Waals surface area (Å²) in [4.78, 5) is 12.2. The second-order valence-corrected chi connectivity index (χ2v) is 10.4. The first kappa shape index (κ1) is 23.2. The first-order valence-corrected chi connectivity index (χ1v) is 12.8. The third-order valence-corrected chi connectivity index (χ3v) is 7.73. The van der Waals surface area contributed by atoms with Gasteiger partial charge in [-0.15, -0.1) is 0 Å². The summed E-state index contributed by atoms with van der Waals surface area (Å²) in [7, 11) is -2.83. The van der Waals surface area contributed by atoms with Gasteiger partial charge in [0.2, 0.25) is 0 Å². The van der Waals surface area contributed by atoms with Crippen molar-refractivity contribution in [2.24, 2.45) is 0 Å². The van der Waals surface area contributed by atoms with Crippen LogP contribution in [0.25, 0.3) is 16.8 Å². The number of carbonyl (C=O) groups is 1. The van der Waals surface area contributed by atoms with E-state index in [1.165, 1.54) is 19.4 Å². The lowest BCUT2D eigenvalue weighted by Gasteiger charge is -2.18. The highest BCUT2D eigenvalue weighted by molar-refractivity contribution is 7.92. The van der Waals surface area contributed by atoms with Crippen LogP contribution < -0.4 is 4.72 Å². The smallest absolute Gasteiger partial charge is 0.337 e. The Kier molecular flexibility index (Phi) is 5.90. The number of methoxy groups -OCH3 is 1. The molecule has 0 aliphatic heterocycles. The highest BCUT2D eigenvalue weighted by atomic mass is 35.5. The molecule has 1 N–H and O–H groups in total. The average molecular weight is 512 g/mol. The fourth-order valence-corrected chi connectivity index (χ4v) is 5.71. The molecule has 4 aromatic rings. The van der Waals surface area contributed by atoms with Crippen molar-refractivity contribution in [1.29, 1.82) is 0 Å². The predicted octanol–water partition coefficient (Wildman–Crippen LogP) is 5.56. The van der Waals surface area contributed by atoms with E-state index in [2.05, 4.69) is 9.88 Å². The summed E-state index contributed by atoms with van der Waals surface area (Å²) in [5.74, 6) is 0.0855. The molecule has 0 unspecified atom stereocenters. The monoisotopic (exact) mass is 511 g/mol. The predicted molar refractivity (Wildman–Crippen MR) is 132 cm³/mol. The van der Waals surface area contributed by atoms with Crippen molar-refractivity contribution in [2.75, 3.05) is 11.8 Å². The van der Waals surface area contributed by atoms with Crippen molar-refractivity contribution < 1.29 is 22.5 Å². The molecule has 180 valence electrons. The number of nitrogens with zero attached hydrogens (tertiary/aromatic N) is 2. The van der Waals surface area contributed by atoms with Crippen LogP contribution in [0.2, 0.25) is 5.02 Å². The summed E-state index contributed by atoms with van der Waals surface area (Å²) in [6.45, 7) is 1.75. The number of hydrogen-bond donors (Lipinski definition) is 1. The summed E-state index contributed by atoms with van der Waals surface area (Å²) in [5.41, 5.74) is 2.92. The molecule has 0 spiro atoms. The van der Waals surface area contributed by atoms with E-state index in [9.17, 15) is 13.2 Å². The zero-order chi connectivity index (χ0) is 24.7. The van der Waals surface area contributed by atoms with E-state index in [0.717, 1.165) is 12.8 Å². The molecular formula is C25H22ClN3O5S. The molecular weight excluding hydrogens is 490 g/mol. The maximum absolute atomic E-state index is 13.8. The lowest BCUT2D eigenvalue weighted by atomic mass is 10.1. The van der Waals surface area contributed by atoms with Crippen LogP contribution in [0.4, 0.5) is 5.69 Å². The van der Waals surface area contributed by atoms with Gasteiger partial charge in [0.05, 0.1) is 40.2 Å². The van der Waals surface area contributed by atoms with E-state index in [1.807, 2.05) is 12.1 Å². The van der Waals surface area contributed by atoms with Crippen molar-refractivity contribution in [3.8, 4) is 16.8 Å². The molecule has 0 bridgehead atoms. The molecule has 1 saturated carbocycles. The highest BCUT2D eigenvalue weighted by Crippen LogP contribution is 2.44. The number of sulfonamides is 1. The zero-order valence-electron chi connectivity index (χ0n) is 19.0. The quantitative estimate of drug-likeness (QED) is 0.326. The van der Waals surface area contributed by atoms with Gasteiger partial charge in [-0.2, -0.15) is 0 Å². The number of benzene rings is 2. The maximum Gasteiger partial charge on any atom is 0.337 e. The third kappa shape index (κ3) is 4.44. The molecule has 5 rings (SSSR count). The van der Waals surface area contributed by atoms with Gasteiger partial charge in [0.15, 0.2) is 0 Å². The van der Waals surface area contributed by atoms with E-state index in [4.69, 9.17) is 20.9 Å². The number of aryl methyl sites for hydroxylation is 1. The normalized spacial score (nSPS) is 13.6. The lowest BCUT2D eigenvalue weighted by molar-refractivity contribution is 0.0600. The zero-order valence-corrected chi connectivity index (χ0v) is 20.6. The number of aromatic nitrogens is 2. The highest BCUT2D eigenvalue weighted by Gasteiger charge is 2.32. The molecule has 1 aliphatic carbocycles. The molecule has 1 fully saturated rings. The van der Waals surface area contributed by atoms with Gasteiger partial charge in [-0.05, 0) is 67.6 Å². The number of hydrogen-bond acceptors (Lipinski definition) is 6. The fourth-order valence-electron chi connectivity index (χ4n) is 4.06. The van der Waals surface area contributed by atoms with Gasteiger partial charge in [0, 0.05) is 23.5 Å². The maximum atomic E-state index is 13.8. The van der Waals surface area contributed by atoms with Gasteiger partial charge in [-0.1, -0.05) is 22.8 Å². The summed E-state index contributed by atoms with van der Waals surface area (Å²) in [6.07, 6.45) is 6.91. The second kappa shape index (κ2) is 8.90. The summed E-state index contributed by atoms with van der Waals surface area (Å²) in [5, 5.41) is 4.23. The van der Waals surface area contributed by atoms with E-state index in [-0.39, 0.29) is 16.4 Å². The Bertz CT molecular complexity index is 1520. The number of anilines is 1. The van der Waals surface area contributed by atoms with E-state index in [0.29, 0.717) is 38.8 Å². The minimum atomic E-state index is -4.09. The fraction of sp³-hybridized carbons (Fsp3) is 0.200. The van der Waals surface area contributed by atoms with Gasteiger partial charge < -0.3 is 13.8 Å². The van der Waals surface area contributed by atoms with Gasteiger partial charge in [-0.3, -0.25) is 4.72 Å². The van der Waals surface area contributed by atoms with Crippen LogP contribution in [-0.2, 0) is 14.8 Å². The summed E-state index contributed by atoms with van der Waals surface area (Å²) >= 11 is 6.61. The summed E-state index contributed by atoms with van der Waals surface area (Å²) < 4.78 is 42.0. The largest absolute Gasteiger partial charge is 0.465 e. The van der Waals surface area contributed by atoms with Crippen molar-refractivity contribution >= 4 is 33.3 Å². The van der Waals surface area contributed by atoms with Gasteiger partial charge >= 0.3 is 5.97 Å². The first-order valence-electron chi connectivity index (χ1n) is 10.9. The molecule has 2 heterocycles. The number of carbonyl (C=O) groups excluding carboxylic acids is 1. The third-order valence-electron chi connectivity index (χ3n) is 5.99. The number of nitrogens with one attached hydrogen (secondary N) is 1. The molecule has 35 heavy (non-hydrogen) atoms. The van der Waals surface area contributed by atoms with Crippen LogP contribution in [0.1, 0.15) is 40.4 Å². The molecule has 0 radical (unpaired) electrons. The van der Waals surface area contributed by atoms with E-state index < -0.39 is 16.0 Å². The molecule has 10 heteroatoms. The molecule has 0 saturated heterocycles. The topological polar surface area (TPSA) is 103 Å². The molecule has 2 aromatic heterocycles. The van der Waals surface area contributed by atoms with Gasteiger partial charge in [0.25, 0.3) is 10.0 Å². The Labute approximate surface area is 207 Å². The lowest BCUT2D eigenvalue weighted by Crippen LogP contribution is -2.17. The van der Waals surface area contributed by atoms with Crippen molar-refractivity contribution in [3.63, 3.8) is 0 Å². The Balaban J connectivity index is 1.65. The van der Waals surface area contributed by atoms with Crippen molar-refractivity contribution in [2.45, 2.75) is 30.6 Å². The van der Waals surface area contributed by atoms with Crippen molar-refractivity contribution in [3.05, 3.63) is 83.0 Å². The number of halogens is 1. The molecule has 2 aromatic carbocycles. The second-order valence-electron chi connectivity index (χ2n) is 8.36. The van der Waals surface area contributed by atoms with Crippen LogP contribution in [-0.4, -0.2) is 31.2 Å². The van der Waals surface area contributed by atoms with Crippen LogP contribution in [0.15, 0.2) is 70.5 Å². The Hall–Kier alpha value is -3.56. The summed E-state index contributed by atoms with van der Waals surface area (Å²) in [6, 6.07) is 11.7. The minimum Gasteiger partial charge on any atom is -0.465 e. The Morgan fingerprint density at radius 1 is 1.17 bits per heavy atom. The first-order chi connectivity index (χ1) is 16.8. The van der Waals surface area contributed by atoms with Gasteiger partial charge in [-0.25, -0.2) is 13.2 Å². The van der Waals surface area contributed by atoms with Crippen LogP contribution >= 0.6 is 11.6 Å². The molecule has 1 aliphatic rings. The van der Waals surface area contributed by atoms with Gasteiger partial charge in [0.1, 0.15) is 5.76 Å². The SMILES string of the molecule is COC(=O)c1ccc(C2CC2)c(S(=O)(=O)Nc2cc(-c3cnoc3C)c(Cl)cc2-n2cccc2)c1. The molecule has 0 amide bonds. The number of rotatable bonds is 7. The molecule has 8 nitrogen and oxygen atoms in total. The average Bonchev–Trinajstić information content (AvgIpc) is 3.37. The number of ether oxygens (including phenoxy) is 1. The van der Waals surface area contributed by atoms with Crippen LogP contribution in [0.3, 0.4) is 0 Å².